The van der Waals surface area contributed by atoms with Crippen molar-refractivity contribution >= 4 is 17.6 Å². The highest BCUT2D eigenvalue weighted by Gasteiger charge is 2.65. The van der Waals surface area contributed by atoms with Crippen molar-refractivity contribution in [3.63, 3.8) is 0 Å². The summed E-state index contributed by atoms with van der Waals surface area (Å²) >= 11 is 0. The fourth-order valence-electron chi connectivity index (χ4n) is 2.58. The van der Waals surface area contributed by atoms with Gasteiger partial charge in [-0.05, 0) is 11.5 Å². The molecular formula is C14H17NO4. The molecule has 1 aromatic rings. The van der Waals surface area contributed by atoms with Gasteiger partial charge in [-0.25, -0.2) is 0 Å². The first-order chi connectivity index (χ1) is 8.89. The SMILES string of the molecule is CC1(C)C(C(=O)O)C1C(=O)Nc1ccccc1CO. The van der Waals surface area contributed by atoms with Gasteiger partial charge in [-0.1, -0.05) is 32.0 Å². The molecule has 1 fully saturated rings. The summed E-state index contributed by atoms with van der Waals surface area (Å²) in [4.78, 5) is 23.2. The lowest BCUT2D eigenvalue weighted by molar-refractivity contribution is -0.140. The first-order valence-corrected chi connectivity index (χ1v) is 6.12. The number of aliphatic hydroxyl groups is 1. The summed E-state index contributed by atoms with van der Waals surface area (Å²) in [5.41, 5.74) is 0.618. The fourth-order valence-corrected chi connectivity index (χ4v) is 2.58. The number of carboxylic acid groups (broad SMARTS) is 1. The predicted molar refractivity (Wildman–Crippen MR) is 69.4 cm³/mol. The molecule has 0 saturated heterocycles. The van der Waals surface area contributed by atoms with Crippen LogP contribution in [0.4, 0.5) is 5.69 Å². The number of carbonyl (C=O) groups is 2. The Hall–Kier alpha value is -1.88. The Morgan fingerprint density at radius 3 is 2.42 bits per heavy atom. The molecule has 0 aliphatic heterocycles. The zero-order valence-electron chi connectivity index (χ0n) is 10.9. The molecule has 3 N–H and O–H groups in total. The van der Waals surface area contributed by atoms with Crippen LogP contribution in [0, 0.1) is 17.3 Å². The number of aliphatic hydroxyl groups excluding tert-OH is 1. The van der Waals surface area contributed by atoms with Crippen molar-refractivity contribution in [1.29, 1.82) is 0 Å². The largest absolute Gasteiger partial charge is 0.481 e. The summed E-state index contributed by atoms with van der Waals surface area (Å²) in [7, 11) is 0. The summed E-state index contributed by atoms with van der Waals surface area (Å²) in [6, 6.07) is 6.92. The Bertz CT molecular complexity index is 524. The zero-order chi connectivity index (χ0) is 14.2. The number of nitrogens with one attached hydrogen (secondary N) is 1. The number of aliphatic carboxylic acids is 1. The Morgan fingerprint density at radius 2 is 1.89 bits per heavy atom. The number of rotatable bonds is 4. The molecule has 0 bridgehead atoms. The lowest BCUT2D eigenvalue weighted by Gasteiger charge is -2.09. The average molecular weight is 263 g/mol. The smallest absolute Gasteiger partial charge is 0.307 e. The normalized spacial score (nSPS) is 23.7. The van der Waals surface area contributed by atoms with Crippen molar-refractivity contribution in [2.24, 2.45) is 17.3 Å². The Labute approximate surface area is 111 Å². The molecule has 2 atom stereocenters. The first-order valence-electron chi connectivity index (χ1n) is 6.12. The van der Waals surface area contributed by atoms with E-state index in [1.54, 1.807) is 38.1 Å². The molecule has 5 heteroatoms. The van der Waals surface area contributed by atoms with Crippen LogP contribution in [0.25, 0.3) is 0 Å². The Morgan fingerprint density at radius 1 is 1.26 bits per heavy atom. The van der Waals surface area contributed by atoms with Crippen molar-refractivity contribution in [2.75, 3.05) is 5.32 Å². The Balaban J connectivity index is 2.13. The second-order valence-corrected chi connectivity index (χ2v) is 5.42. The van der Waals surface area contributed by atoms with Gasteiger partial charge in [-0.2, -0.15) is 0 Å². The van der Waals surface area contributed by atoms with Gasteiger partial charge in [0.2, 0.25) is 5.91 Å². The average Bonchev–Trinajstić information content (AvgIpc) is 2.93. The quantitative estimate of drug-likeness (QED) is 0.767. The van der Waals surface area contributed by atoms with Crippen LogP contribution in [0.5, 0.6) is 0 Å². The summed E-state index contributed by atoms with van der Waals surface area (Å²) in [5.74, 6) is -2.43. The van der Waals surface area contributed by atoms with Crippen molar-refractivity contribution in [1.82, 2.24) is 0 Å². The van der Waals surface area contributed by atoms with E-state index in [1.165, 1.54) is 0 Å². The number of carboxylic acids is 1. The fraction of sp³-hybridized carbons (Fsp3) is 0.429. The van der Waals surface area contributed by atoms with Gasteiger partial charge in [0.15, 0.2) is 0 Å². The molecule has 19 heavy (non-hydrogen) atoms. The maximum Gasteiger partial charge on any atom is 0.307 e. The molecular weight excluding hydrogens is 246 g/mol. The number of hydrogen-bond donors (Lipinski definition) is 3. The van der Waals surface area contributed by atoms with Gasteiger partial charge >= 0.3 is 5.97 Å². The maximum absolute atomic E-state index is 12.1. The third-order valence-electron chi connectivity index (χ3n) is 3.82. The molecule has 1 aliphatic rings. The van der Waals surface area contributed by atoms with Gasteiger partial charge in [0.1, 0.15) is 0 Å². The molecule has 1 aliphatic carbocycles. The van der Waals surface area contributed by atoms with E-state index in [1.807, 2.05) is 0 Å². The minimum absolute atomic E-state index is 0.174. The van der Waals surface area contributed by atoms with Gasteiger partial charge in [-0.3, -0.25) is 9.59 Å². The van der Waals surface area contributed by atoms with Crippen LogP contribution in [0.15, 0.2) is 24.3 Å². The van der Waals surface area contributed by atoms with E-state index in [9.17, 15) is 14.7 Å². The third-order valence-corrected chi connectivity index (χ3v) is 3.82. The zero-order valence-corrected chi connectivity index (χ0v) is 10.9. The maximum atomic E-state index is 12.1. The van der Waals surface area contributed by atoms with Crippen molar-refractivity contribution in [3.8, 4) is 0 Å². The molecule has 2 unspecified atom stereocenters. The lowest BCUT2D eigenvalue weighted by atomic mass is 10.1. The van der Waals surface area contributed by atoms with E-state index in [0.29, 0.717) is 11.3 Å². The van der Waals surface area contributed by atoms with E-state index >= 15 is 0 Å². The predicted octanol–water partition coefficient (Wildman–Crippen LogP) is 1.47. The van der Waals surface area contributed by atoms with Gasteiger partial charge in [0, 0.05) is 11.3 Å². The molecule has 1 amide bonds. The van der Waals surface area contributed by atoms with Crippen molar-refractivity contribution in [2.45, 2.75) is 20.5 Å². The summed E-state index contributed by atoms with van der Waals surface area (Å²) in [5, 5.41) is 20.9. The van der Waals surface area contributed by atoms with Gasteiger partial charge in [-0.15, -0.1) is 0 Å². The second kappa shape index (κ2) is 4.66. The van der Waals surface area contributed by atoms with Crippen LogP contribution in [0.1, 0.15) is 19.4 Å². The molecule has 1 saturated carbocycles. The molecule has 0 spiro atoms. The van der Waals surface area contributed by atoms with Gasteiger partial charge in [0.25, 0.3) is 0 Å². The highest BCUT2D eigenvalue weighted by molar-refractivity contribution is 6.00. The highest BCUT2D eigenvalue weighted by atomic mass is 16.4. The summed E-state index contributed by atoms with van der Waals surface area (Å²) < 4.78 is 0. The molecule has 1 aromatic carbocycles. The molecule has 2 rings (SSSR count). The van der Waals surface area contributed by atoms with Crippen LogP contribution in [0.3, 0.4) is 0 Å². The van der Waals surface area contributed by atoms with Crippen LogP contribution < -0.4 is 5.32 Å². The highest BCUT2D eigenvalue weighted by Crippen LogP contribution is 2.58. The van der Waals surface area contributed by atoms with Crippen molar-refractivity contribution in [3.05, 3.63) is 29.8 Å². The first kappa shape index (κ1) is 13.5. The minimum Gasteiger partial charge on any atom is -0.481 e. The van der Waals surface area contributed by atoms with Crippen LogP contribution in [0.2, 0.25) is 0 Å². The van der Waals surface area contributed by atoms with E-state index in [0.717, 1.165) is 0 Å². The second-order valence-electron chi connectivity index (χ2n) is 5.42. The summed E-state index contributed by atoms with van der Waals surface area (Å²) in [6.07, 6.45) is 0. The number of anilines is 1. The van der Waals surface area contributed by atoms with E-state index in [2.05, 4.69) is 5.32 Å². The van der Waals surface area contributed by atoms with E-state index in [4.69, 9.17) is 5.11 Å². The molecule has 102 valence electrons. The number of hydrogen-bond acceptors (Lipinski definition) is 3. The monoisotopic (exact) mass is 263 g/mol. The van der Waals surface area contributed by atoms with E-state index in [-0.39, 0.29) is 12.5 Å². The molecule has 0 aromatic heterocycles. The van der Waals surface area contributed by atoms with Crippen molar-refractivity contribution < 1.29 is 19.8 Å². The van der Waals surface area contributed by atoms with Crippen LogP contribution in [-0.4, -0.2) is 22.1 Å². The third kappa shape index (κ3) is 2.33. The standard InChI is InChI=1S/C14H17NO4/c1-14(2)10(11(14)13(18)19)12(17)15-9-6-4-3-5-8(9)7-16/h3-6,10-11,16H,7H2,1-2H3,(H,15,17)(H,18,19). The molecule has 0 radical (unpaired) electrons. The number of amides is 1. The number of para-hydroxylation sites is 1. The van der Waals surface area contributed by atoms with Crippen LogP contribution in [-0.2, 0) is 16.2 Å². The number of benzene rings is 1. The van der Waals surface area contributed by atoms with Gasteiger partial charge in [0.05, 0.1) is 18.4 Å². The molecule has 5 nitrogen and oxygen atoms in total. The topological polar surface area (TPSA) is 86.6 Å². The lowest BCUT2D eigenvalue weighted by Crippen LogP contribution is -2.18. The van der Waals surface area contributed by atoms with Crippen LogP contribution >= 0.6 is 0 Å². The number of carbonyl (C=O) groups excluding carboxylic acids is 1. The molecule has 0 heterocycles. The Kier molecular flexibility index (Phi) is 3.32. The van der Waals surface area contributed by atoms with Gasteiger partial charge < -0.3 is 15.5 Å². The minimum atomic E-state index is -0.944. The van der Waals surface area contributed by atoms with E-state index < -0.39 is 23.2 Å². The summed E-state index contributed by atoms with van der Waals surface area (Å²) in [6.45, 7) is 3.37.